The predicted molar refractivity (Wildman–Crippen MR) is 102 cm³/mol. The van der Waals surface area contributed by atoms with E-state index < -0.39 is 0 Å². The third-order valence-corrected chi connectivity index (χ3v) is 4.58. The van der Waals surface area contributed by atoms with Crippen LogP contribution in [0.1, 0.15) is 0 Å². The van der Waals surface area contributed by atoms with Gasteiger partial charge in [0.1, 0.15) is 23.0 Å². The number of nitrogens with one attached hydrogen (secondary N) is 1. The zero-order valence-corrected chi connectivity index (χ0v) is 14.5. The monoisotopic (exact) mass is 358 g/mol. The van der Waals surface area contributed by atoms with Gasteiger partial charge in [-0.05, 0) is 54.6 Å². The van der Waals surface area contributed by atoms with Gasteiger partial charge in [0.2, 0.25) is 0 Å². The van der Waals surface area contributed by atoms with Gasteiger partial charge in [-0.15, -0.1) is 0 Å². The average Bonchev–Trinajstić information content (AvgIpc) is 3.25. The number of halogens is 1. The summed E-state index contributed by atoms with van der Waals surface area (Å²) in [5.74, 6) is 1.71. The van der Waals surface area contributed by atoms with Crippen LogP contribution in [0.4, 0.5) is 4.39 Å². The van der Waals surface area contributed by atoms with Gasteiger partial charge in [0.25, 0.3) is 0 Å². The Morgan fingerprint density at radius 3 is 2.56 bits per heavy atom. The fourth-order valence-electron chi connectivity index (χ4n) is 3.22. The number of ether oxygens (including phenoxy) is 1. The number of imidazole rings is 1. The van der Waals surface area contributed by atoms with Crippen LogP contribution in [0.2, 0.25) is 0 Å². The molecule has 5 aromatic rings. The van der Waals surface area contributed by atoms with Crippen LogP contribution in [-0.2, 0) is 7.05 Å². The van der Waals surface area contributed by atoms with E-state index in [1.165, 1.54) is 12.1 Å². The molecule has 0 aliphatic carbocycles. The van der Waals surface area contributed by atoms with Crippen LogP contribution in [-0.4, -0.2) is 19.7 Å². The number of aromatic amines is 1. The highest BCUT2D eigenvalue weighted by atomic mass is 19.1. The molecule has 5 rings (SSSR count). The number of nitrogens with zero attached hydrogens (tertiary/aromatic N) is 3. The average molecular weight is 358 g/mol. The van der Waals surface area contributed by atoms with Crippen LogP contribution in [0.3, 0.4) is 0 Å². The zero-order chi connectivity index (χ0) is 18.4. The van der Waals surface area contributed by atoms with Crippen molar-refractivity contribution in [2.24, 2.45) is 7.05 Å². The molecule has 0 fully saturated rings. The van der Waals surface area contributed by atoms with E-state index in [4.69, 9.17) is 9.72 Å². The smallest absolute Gasteiger partial charge is 0.162 e. The van der Waals surface area contributed by atoms with E-state index in [9.17, 15) is 4.39 Å². The Balaban J connectivity index is 1.60. The SMILES string of the molecule is Cn1c(-c2n[nH]c3ccc(Oc4ccc(F)cc4)cc23)nc2ccccc21. The molecule has 3 aromatic carbocycles. The highest BCUT2D eigenvalue weighted by Gasteiger charge is 2.16. The van der Waals surface area contributed by atoms with Crippen molar-refractivity contribution in [2.75, 3.05) is 0 Å². The lowest BCUT2D eigenvalue weighted by atomic mass is 10.2. The van der Waals surface area contributed by atoms with E-state index in [2.05, 4.69) is 10.2 Å². The molecule has 1 N–H and O–H groups in total. The van der Waals surface area contributed by atoms with Crippen LogP contribution in [0.5, 0.6) is 11.5 Å². The van der Waals surface area contributed by atoms with Gasteiger partial charge in [-0.3, -0.25) is 5.10 Å². The van der Waals surface area contributed by atoms with E-state index in [0.717, 1.165) is 33.5 Å². The van der Waals surface area contributed by atoms with Gasteiger partial charge in [0, 0.05) is 12.4 Å². The third kappa shape index (κ3) is 2.62. The Hall–Kier alpha value is -3.67. The van der Waals surface area contributed by atoms with Crippen molar-refractivity contribution in [3.8, 4) is 23.0 Å². The highest BCUT2D eigenvalue weighted by molar-refractivity contribution is 5.94. The molecule has 0 amide bonds. The number of para-hydroxylation sites is 2. The predicted octanol–water partition coefficient (Wildman–Crippen LogP) is 5.05. The number of rotatable bonds is 3. The standard InChI is InChI=1S/C21H15FN4O/c1-26-19-5-3-2-4-18(19)23-21(26)20-16-12-15(10-11-17(16)24-25-20)27-14-8-6-13(22)7-9-14/h2-12H,1H3,(H,24,25). The van der Waals surface area contributed by atoms with E-state index in [1.807, 2.05) is 54.1 Å². The minimum atomic E-state index is -0.295. The van der Waals surface area contributed by atoms with Crippen LogP contribution in [0.25, 0.3) is 33.5 Å². The molecule has 5 nitrogen and oxygen atoms in total. The second-order valence-electron chi connectivity index (χ2n) is 6.32. The van der Waals surface area contributed by atoms with Crippen molar-refractivity contribution in [3.05, 3.63) is 72.5 Å². The first-order valence-electron chi connectivity index (χ1n) is 8.52. The summed E-state index contributed by atoms with van der Waals surface area (Å²) in [4.78, 5) is 4.73. The minimum Gasteiger partial charge on any atom is -0.457 e. The Morgan fingerprint density at radius 1 is 0.963 bits per heavy atom. The first-order chi connectivity index (χ1) is 13.2. The second kappa shape index (κ2) is 5.95. The number of hydrogen-bond acceptors (Lipinski definition) is 3. The minimum absolute atomic E-state index is 0.295. The maximum Gasteiger partial charge on any atom is 0.162 e. The van der Waals surface area contributed by atoms with E-state index in [1.54, 1.807) is 12.1 Å². The molecule has 0 saturated heterocycles. The van der Waals surface area contributed by atoms with Crippen LogP contribution in [0.15, 0.2) is 66.7 Å². The molecule has 0 saturated carbocycles. The molecule has 2 aromatic heterocycles. The Morgan fingerprint density at radius 2 is 1.74 bits per heavy atom. The van der Waals surface area contributed by atoms with E-state index in [-0.39, 0.29) is 5.82 Å². The summed E-state index contributed by atoms with van der Waals surface area (Å²) in [5, 5.41) is 8.43. The third-order valence-electron chi connectivity index (χ3n) is 4.58. The largest absolute Gasteiger partial charge is 0.457 e. The molecular weight excluding hydrogens is 343 g/mol. The first-order valence-corrected chi connectivity index (χ1v) is 8.52. The Kier molecular flexibility index (Phi) is 3.43. The van der Waals surface area contributed by atoms with Crippen LogP contribution >= 0.6 is 0 Å². The molecular formula is C21H15FN4O. The van der Waals surface area contributed by atoms with Gasteiger partial charge in [-0.1, -0.05) is 12.1 Å². The zero-order valence-electron chi connectivity index (χ0n) is 14.5. The Bertz CT molecular complexity index is 1270. The summed E-state index contributed by atoms with van der Waals surface area (Å²) in [6.45, 7) is 0. The van der Waals surface area contributed by atoms with Crippen molar-refractivity contribution >= 4 is 21.9 Å². The number of fused-ring (bicyclic) bond motifs is 2. The van der Waals surface area contributed by atoms with Gasteiger partial charge >= 0.3 is 0 Å². The summed E-state index contributed by atoms with van der Waals surface area (Å²) in [6, 6.07) is 19.6. The van der Waals surface area contributed by atoms with Crippen molar-refractivity contribution < 1.29 is 9.13 Å². The quantitative estimate of drug-likeness (QED) is 0.491. The maximum atomic E-state index is 13.1. The summed E-state index contributed by atoms with van der Waals surface area (Å²) in [5.41, 5.74) is 3.61. The summed E-state index contributed by atoms with van der Waals surface area (Å²) in [7, 11) is 1.98. The van der Waals surface area contributed by atoms with E-state index in [0.29, 0.717) is 11.5 Å². The van der Waals surface area contributed by atoms with Crippen molar-refractivity contribution in [3.63, 3.8) is 0 Å². The van der Waals surface area contributed by atoms with Crippen molar-refractivity contribution in [1.29, 1.82) is 0 Å². The maximum absolute atomic E-state index is 13.1. The summed E-state index contributed by atoms with van der Waals surface area (Å²) < 4.78 is 21.0. The van der Waals surface area contributed by atoms with Gasteiger partial charge < -0.3 is 9.30 Å². The molecule has 27 heavy (non-hydrogen) atoms. The topological polar surface area (TPSA) is 55.7 Å². The van der Waals surface area contributed by atoms with Crippen molar-refractivity contribution in [1.82, 2.24) is 19.7 Å². The van der Waals surface area contributed by atoms with Gasteiger partial charge in [0.15, 0.2) is 5.82 Å². The number of hydrogen-bond donors (Lipinski definition) is 1. The lowest BCUT2D eigenvalue weighted by Crippen LogP contribution is -1.93. The molecule has 0 aliphatic rings. The van der Waals surface area contributed by atoms with Gasteiger partial charge in [-0.2, -0.15) is 5.10 Å². The molecule has 0 spiro atoms. The molecule has 132 valence electrons. The Labute approximate surface area is 154 Å². The molecule has 0 atom stereocenters. The lowest BCUT2D eigenvalue weighted by Gasteiger charge is -2.06. The highest BCUT2D eigenvalue weighted by Crippen LogP contribution is 2.32. The van der Waals surface area contributed by atoms with Crippen LogP contribution < -0.4 is 4.74 Å². The van der Waals surface area contributed by atoms with Crippen molar-refractivity contribution in [2.45, 2.75) is 0 Å². The first kappa shape index (κ1) is 15.6. The summed E-state index contributed by atoms with van der Waals surface area (Å²) >= 11 is 0. The molecule has 2 heterocycles. The second-order valence-corrected chi connectivity index (χ2v) is 6.32. The molecule has 6 heteroatoms. The molecule has 0 aliphatic heterocycles. The summed E-state index contributed by atoms with van der Waals surface area (Å²) in [6.07, 6.45) is 0. The fourth-order valence-corrected chi connectivity index (χ4v) is 3.22. The number of benzene rings is 3. The lowest BCUT2D eigenvalue weighted by molar-refractivity contribution is 0.481. The number of H-pyrrole nitrogens is 1. The van der Waals surface area contributed by atoms with Gasteiger partial charge in [-0.25, -0.2) is 9.37 Å². The number of aryl methyl sites for hydroxylation is 1. The molecule has 0 bridgehead atoms. The van der Waals surface area contributed by atoms with Crippen LogP contribution in [0, 0.1) is 5.82 Å². The van der Waals surface area contributed by atoms with Gasteiger partial charge in [0.05, 0.1) is 16.6 Å². The molecule has 0 unspecified atom stereocenters. The molecule has 0 radical (unpaired) electrons. The van der Waals surface area contributed by atoms with E-state index >= 15 is 0 Å². The normalized spacial score (nSPS) is 11.3. The number of aromatic nitrogens is 4. The fraction of sp³-hybridized carbons (Fsp3) is 0.0476.